The monoisotopic (exact) mass is 322 g/mol. The zero-order valence-electron chi connectivity index (χ0n) is 14.6. The number of hydrogen-bond donors (Lipinski definition) is 2. The van der Waals surface area contributed by atoms with E-state index in [-0.39, 0.29) is 11.9 Å². The molecule has 2 N–H and O–H groups in total. The molecule has 2 aromatic carbocycles. The number of aryl methyl sites for hydroxylation is 3. The van der Waals surface area contributed by atoms with Gasteiger partial charge in [0.1, 0.15) is 0 Å². The molecule has 24 heavy (non-hydrogen) atoms. The fourth-order valence-electron chi connectivity index (χ4n) is 3.35. The van der Waals surface area contributed by atoms with Gasteiger partial charge < -0.3 is 10.6 Å². The minimum absolute atomic E-state index is 0.0171. The standard InChI is InChI=1S/C21H26N2O/c1-15-7-3-6-10-20(15)22-14-21(24)23-16(2)18-12-11-17-8-4-5-9-19(17)13-18/h3,6-7,10-13,16,22H,4-5,8-9,14H2,1-2H3,(H,23,24). The van der Waals surface area contributed by atoms with Gasteiger partial charge in [0.15, 0.2) is 0 Å². The Morgan fingerprint density at radius 3 is 2.62 bits per heavy atom. The lowest BCUT2D eigenvalue weighted by molar-refractivity contribution is -0.120. The average Bonchev–Trinajstić information content (AvgIpc) is 2.60. The number of nitrogens with one attached hydrogen (secondary N) is 2. The van der Waals surface area contributed by atoms with Crippen molar-refractivity contribution in [1.29, 1.82) is 0 Å². The first-order valence-electron chi connectivity index (χ1n) is 8.84. The maximum absolute atomic E-state index is 12.2. The molecule has 1 atom stereocenters. The fraction of sp³-hybridized carbons (Fsp3) is 0.381. The van der Waals surface area contributed by atoms with E-state index in [1.165, 1.54) is 42.4 Å². The number of anilines is 1. The summed E-state index contributed by atoms with van der Waals surface area (Å²) < 4.78 is 0. The van der Waals surface area contributed by atoms with Crippen molar-refractivity contribution in [3.63, 3.8) is 0 Å². The SMILES string of the molecule is Cc1ccccc1NCC(=O)NC(C)c1ccc2c(c1)CCCC2. The van der Waals surface area contributed by atoms with Gasteiger partial charge in [0.2, 0.25) is 5.91 Å². The minimum Gasteiger partial charge on any atom is -0.376 e. The van der Waals surface area contributed by atoms with Gasteiger partial charge in [-0.25, -0.2) is 0 Å². The van der Waals surface area contributed by atoms with E-state index < -0.39 is 0 Å². The highest BCUT2D eigenvalue weighted by Gasteiger charge is 2.14. The molecule has 1 aliphatic carbocycles. The molecule has 126 valence electrons. The van der Waals surface area contributed by atoms with E-state index in [0.717, 1.165) is 11.3 Å². The number of benzene rings is 2. The lowest BCUT2D eigenvalue weighted by atomic mass is 9.89. The van der Waals surface area contributed by atoms with E-state index in [2.05, 4.69) is 35.8 Å². The van der Waals surface area contributed by atoms with Crippen LogP contribution in [0, 0.1) is 6.92 Å². The molecular formula is C21H26N2O. The summed E-state index contributed by atoms with van der Waals surface area (Å²) in [5, 5.41) is 6.30. The van der Waals surface area contributed by atoms with Gasteiger partial charge in [0.05, 0.1) is 12.6 Å². The number of rotatable bonds is 5. The lowest BCUT2D eigenvalue weighted by Crippen LogP contribution is -2.32. The van der Waals surface area contributed by atoms with E-state index in [0.29, 0.717) is 6.54 Å². The molecule has 0 saturated heterocycles. The molecule has 3 rings (SSSR count). The highest BCUT2D eigenvalue weighted by atomic mass is 16.1. The van der Waals surface area contributed by atoms with E-state index >= 15 is 0 Å². The predicted molar refractivity (Wildman–Crippen MR) is 99.3 cm³/mol. The van der Waals surface area contributed by atoms with Crippen LogP contribution in [0.3, 0.4) is 0 Å². The van der Waals surface area contributed by atoms with Crippen molar-refractivity contribution in [3.8, 4) is 0 Å². The Hall–Kier alpha value is -2.29. The fourth-order valence-corrected chi connectivity index (χ4v) is 3.35. The van der Waals surface area contributed by atoms with Gasteiger partial charge >= 0.3 is 0 Å². The molecule has 3 nitrogen and oxygen atoms in total. The molecule has 0 saturated carbocycles. The summed E-state index contributed by atoms with van der Waals surface area (Å²) >= 11 is 0. The molecule has 1 unspecified atom stereocenters. The van der Waals surface area contributed by atoms with Crippen LogP contribution in [-0.2, 0) is 17.6 Å². The molecular weight excluding hydrogens is 296 g/mol. The van der Waals surface area contributed by atoms with Gasteiger partial charge in [-0.3, -0.25) is 4.79 Å². The molecule has 0 aromatic heterocycles. The average molecular weight is 322 g/mol. The molecule has 0 radical (unpaired) electrons. The summed E-state index contributed by atoms with van der Waals surface area (Å²) in [7, 11) is 0. The normalized spacial score (nSPS) is 14.6. The van der Waals surface area contributed by atoms with Gasteiger partial charge in [-0.15, -0.1) is 0 Å². The summed E-state index contributed by atoms with van der Waals surface area (Å²) in [4.78, 5) is 12.2. The van der Waals surface area contributed by atoms with Crippen molar-refractivity contribution in [2.45, 2.75) is 45.6 Å². The Labute approximate surface area is 144 Å². The zero-order valence-corrected chi connectivity index (χ0v) is 14.6. The predicted octanol–water partition coefficient (Wildman–Crippen LogP) is 4.16. The molecule has 0 spiro atoms. The number of hydrogen-bond acceptors (Lipinski definition) is 2. The maximum Gasteiger partial charge on any atom is 0.239 e. The van der Waals surface area contributed by atoms with Crippen LogP contribution in [0.15, 0.2) is 42.5 Å². The Morgan fingerprint density at radius 2 is 1.83 bits per heavy atom. The summed E-state index contributed by atoms with van der Waals surface area (Å²) in [6.45, 7) is 4.38. The van der Waals surface area contributed by atoms with E-state index in [9.17, 15) is 4.79 Å². The second kappa shape index (κ2) is 7.52. The molecule has 3 heteroatoms. The maximum atomic E-state index is 12.2. The summed E-state index contributed by atoms with van der Waals surface area (Å²) in [6.07, 6.45) is 4.93. The first kappa shape index (κ1) is 16.6. The van der Waals surface area contributed by atoms with Crippen LogP contribution in [0.2, 0.25) is 0 Å². The third-order valence-electron chi connectivity index (χ3n) is 4.83. The van der Waals surface area contributed by atoms with Crippen LogP contribution in [0.4, 0.5) is 5.69 Å². The Balaban J connectivity index is 1.57. The van der Waals surface area contributed by atoms with Crippen LogP contribution in [-0.4, -0.2) is 12.5 Å². The Kier molecular flexibility index (Phi) is 5.19. The largest absolute Gasteiger partial charge is 0.376 e. The van der Waals surface area contributed by atoms with Gasteiger partial charge in [-0.2, -0.15) is 0 Å². The number of carbonyl (C=O) groups is 1. The van der Waals surface area contributed by atoms with E-state index in [1.807, 2.05) is 31.2 Å². The van der Waals surface area contributed by atoms with Crippen LogP contribution >= 0.6 is 0 Å². The minimum atomic E-state index is 0.0171. The van der Waals surface area contributed by atoms with E-state index in [1.54, 1.807) is 0 Å². The quantitative estimate of drug-likeness (QED) is 0.868. The van der Waals surface area contributed by atoms with Crippen molar-refractivity contribution in [2.24, 2.45) is 0 Å². The van der Waals surface area contributed by atoms with Crippen LogP contribution in [0.25, 0.3) is 0 Å². The summed E-state index contributed by atoms with van der Waals surface area (Å²) in [6, 6.07) is 14.7. The van der Waals surface area contributed by atoms with Crippen LogP contribution < -0.4 is 10.6 Å². The number of amides is 1. The van der Waals surface area contributed by atoms with Crippen molar-refractivity contribution in [2.75, 3.05) is 11.9 Å². The van der Waals surface area contributed by atoms with Gasteiger partial charge in [-0.05, 0) is 67.9 Å². The van der Waals surface area contributed by atoms with Crippen molar-refractivity contribution in [3.05, 3.63) is 64.7 Å². The van der Waals surface area contributed by atoms with Crippen molar-refractivity contribution >= 4 is 11.6 Å². The van der Waals surface area contributed by atoms with E-state index in [4.69, 9.17) is 0 Å². The highest BCUT2D eigenvalue weighted by Crippen LogP contribution is 2.24. The molecule has 0 heterocycles. The third kappa shape index (κ3) is 3.97. The third-order valence-corrected chi connectivity index (χ3v) is 4.83. The lowest BCUT2D eigenvalue weighted by Gasteiger charge is -2.20. The number of fused-ring (bicyclic) bond motifs is 1. The summed E-state index contributed by atoms with van der Waals surface area (Å²) in [5.74, 6) is 0.0171. The van der Waals surface area contributed by atoms with Crippen molar-refractivity contribution in [1.82, 2.24) is 5.32 Å². The molecule has 0 bridgehead atoms. The summed E-state index contributed by atoms with van der Waals surface area (Å²) in [5.41, 5.74) is 6.28. The molecule has 1 aliphatic rings. The Bertz CT molecular complexity index is 724. The number of para-hydroxylation sites is 1. The number of carbonyl (C=O) groups excluding carboxylic acids is 1. The van der Waals surface area contributed by atoms with Gasteiger partial charge in [0.25, 0.3) is 0 Å². The van der Waals surface area contributed by atoms with Crippen LogP contribution in [0.5, 0.6) is 0 Å². The first-order valence-corrected chi connectivity index (χ1v) is 8.84. The van der Waals surface area contributed by atoms with Crippen molar-refractivity contribution < 1.29 is 4.79 Å². The van der Waals surface area contributed by atoms with Gasteiger partial charge in [-0.1, -0.05) is 36.4 Å². The second-order valence-electron chi connectivity index (χ2n) is 6.69. The molecule has 1 amide bonds. The molecule has 0 fully saturated rings. The van der Waals surface area contributed by atoms with Crippen LogP contribution in [0.1, 0.15) is 48.1 Å². The molecule has 2 aromatic rings. The first-order chi connectivity index (χ1) is 11.6. The van der Waals surface area contributed by atoms with Gasteiger partial charge in [0, 0.05) is 5.69 Å². The molecule has 0 aliphatic heterocycles. The highest BCUT2D eigenvalue weighted by molar-refractivity contribution is 5.81. The zero-order chi connectivity index (χ0) is 16.9. The second-order valence-corrected chi connectivity index (χ2v) is 6.69. The Morgan fingerprint density at radius 1 is 1.08 bits per heavy atom. The smallest absolute Gasteiger partial charge is 0.239 e. The topological polar surface area (TPSA) is 41.1 Å².